The van der Waals surface area contributed by atoms with Crippen LogP contribution in [0, 0.1) is 6.92 Å². The van der Waals surface area contributed by atoms with Gasteiger partial charge in [-0.3, -0.25) is 4.90 Å². The fourth-order valence-corrected chi connectivity index (χ4v) is 2.62. The van der Waals surface area contributed by atoms with E-state index < -0.39 is 0 Å². The van der Waals surface area contributed by atoms with Gasteiger partial charge in [-0.05, 0) is 26.8 Å². The van der Waals surface area contributed by atoms with E-state index >= 15 is 0 Å². The smallest absolute Gasteiger partial charge is 0.224 e. The molecule has 1 aliphatic heterocycles. The molecule has 2 rings (SSSR count). The maximum atomic E-state index is 4.67. The number of aryl methyl sites for hydroxylation is 1. The van der Waals surface area contributed by atoms with Crippen LogP contribution in [0.25, 0.3) is 0 Å². The first-order valence-corrected chi connectivity index (χ1v) is 7.68. The topological polar surface area (TPSA) is 44.3 Å². The molecule has 1 fully saturated rings. The summed E-state index contributed by atoms with van der Waals surface area (Å²) >= 11 is 0. The molecule has 0 amide bonds. The average Bonchev–Trinajstić information content (AvgIpc) is 2.45. The second-order valence-corrected chi connectivity index (χ2v) is 5.61. The van der Waals surface area contributed by atoms with Gasteiger partial charge in [-0.15, -0.1) is 0 Å². The third kappa shape index (κ3) is 3.60. The van der Waals surface area contributed by atoms with Crippen molar-refractivity contribution < 1.29 is 0 Å². The molecule has 1 saturated heterocycles. The molecular weight excluding hydrogens is 250 g/mol. The van der Waals surface area contributed by atoms with Gasteiger partial charge in [0.2, 0.25) is 5.95 Å². The van der Waals surface area contributed by atoms with Crippen LogP contribution in [-0.4, -0.2) is 54.1 Å². The van der Waals surface area contributed by atoms with E-state index in [0.29, 0.717) is 6.04 Å². The first kappa shape index (κ1) is 15.0. The van der Waals surface area contributed by atoms with Gasteiger partial charge >= 0.3 is 0 Å². The second kappa shape index (κ2) is 6.88. The van der Waals surface area contributed by atoms with Crippen LogP contribution < -0.4 is 10.2 Å². The highest BCUT2D eigenvalue weighted by molar-refractivity contribution is 5.45. The van der Waals surface area contributed by atoms with E-state index in [9.17, 15) is 0 Å². The number of nitrogens with zero attached hydrogens (tertiary/aromatic N) is 4. The Balaban J connectivity index is 2.13. The third-order valence-electron chi connectivity index (χ3n) is 3.95. The Morgan fingerprint density at radius 3 is 2.80 bits per heavy atom. The lowest BCUT2D eigenvalue weighted by Crippen LogP contribution is -2.51. The molecule has 0 saturated carbocycles. The van der Waals surface area contributed by atoms with E-state index in [4.69, 9.17) is 0 Å². The highest BCUT2D eigenvalue weighted by atomic mass is 15.3. The average molecular weight is 277 g/mol. The van der Waals surface area contributed by atoms with Gasteiger partial charge < -0.3 is 10.2 Å². The Bertz CT molecular complexity index is 434. The summed E-state index contributed by atoms with van der Waals surface area (Å²) in [6.07, 6.45) is 2.26. The first-order chi connectivity index (χ1) is 9.63. The number of hydrogen-bond donors (Lipinski definition) is 1. The van der Waals surface area contributed by atoms with Crippen LogP contribution in [0.3, 0.4) is 0 Å². The molecule has 112 valence electrons. The highest BCUT2D eigenvalue weighted by Crippen LogP contribution is 2.19. The van der Waals surface area contributed by atoms with Crippen molar-refractivity contribution in [1.82, 2.24) is 14.9 Å². The predicted molar refractivity (Wildman–Crippen MR) is 84.5 cm³/mol. The van der Waals surface area contributed by atoms with Gasteiger partial charge in [0.25, 0.3) is 0 Å². The quantitative estimate of drug-likeness (QED) is 0.893. The molecule has 1 aliphatic rings. The number of hydrogen-bond acceptors (Lipinski definition) is 5. The molecule has 1 N–H and O–H groups in total. The summed E-state index contributed by atoms with van der Waals surface area (Å²) < 4.78 is 0. The monoisotopic (exact) mass is 277 g/mol. The molecule has 0 bridgehead atoms. The highest BCUT2D eigenvalue weighted by Gasteiger charge is 2.24. The van der Waals surface area contributed by atoms with Crippen LogP contribution in [0.1, 0.15) is 32.4 Å². The standard InChI is InChI=1S/C15H27N5/c1-5-7-16-15-17-12(3)10-14(18-15)20-9-8-19(4)13(6-2)11-20/h10,13H,5-9,11H2,1-4H3,(H,16,17,18). The lowest BCUT2D eigenvalue weighted by molar-refractivity contribution is 0.213. The van der Waals surface area contributed by atoms with E-state index in [-0.39, 0.29) is 0 Å². The summed E-state index contributed by atoms with van der Waals surface area (Å²) in [7, 11) is 2.21. The van der Waals surface area contributed by atoms with Crippen molar-refractivity contribution in [2.75, 3.05) is 43.4 Å². The fourth-order valence-electron chi connectivity index (χ4n) is 2.62. The van der Waals surface area contributed by atoms with Crippen LogP contribution in [0.2, 0.25) is 0 Å². The lowest BCUT2D eigenvalue weighted by atomic mass is 10.1. The Labute approximate surface area is 122 Å². The summed E-state index contributed by atoms with van der Waals surface area (Å²) in [5, 5.41) is 3.29. The molecule has 1 unspecified atom stereocenters. The molecular formula is C15H27N5. The van der Waals surface area contributed by atoms with Crippen LogP contribution in [0.5, 0.6) is 0 Å². The van der Waals surface area contributed by atoms with E-state index in [2.05, 4.69) is 52.0 Å². The van der Waals surface area contributed by atoms with Crippen molar-refractivity contribution in [1.29, 1.82) is 0 Å². The predicted octanol–water partition coefficient (Wildman–Crippen LogP) is 2.14. The summed E-state index contributed by atoms with van der Waals surface area (Å²) in [4.78, 5) is 14.0. The molecule has 5 heteroatoms. The zero-order chi connectivity index (χ0) is 14.5. The summed E-state index contributed by atoms with van der Waals surface area (Å²) in [6, 6.07) is 2.71. The zero-order valence-electron chi connectivity index (χ0n) is 13.2. The molecule has 20 heavy (non-hydrogen) atoms. The van der Waals surface area contributed by atoms with Gasteiger partial charge in [0.05, 0.1) is 0 Å². The Kier molecular flexibility index (Phi) is 5.17. The first-order valence-electron chi connectivity index (χ1n) is 7.68. The second-order valence-electron chi connectivity index (χ2n) is 5.61. The molecule has 1 atom stereocenters. The largest absolute Gasteiger partial charge is 0.354 e. The van der Waals surface area contributed by atoms with Crippen molar-refractivity contribution in [3.63, 3.8) is 0 Å². The minimum atomic E-state index is 0.617. The Morgan fingerprint density at radius 1 is 1.30 bits per heavy atom. The fraction of sp³-hybridized carbons (Fsp3) is 0.733. The Morgan fingerprint density at radius 2 is 2.10 bits per heavy atom. The van der Waals surface area contributed by atoms with Crippen LogP contribution in [0.15, 0.2) is 6.07 Å². The SMILES string of the molecule is CCCNc1nc(C)cc(N2CCN(C)C(CC)C2)n1. The maximum absolute atomic E-state index is 4.67. The molecule has 0 spiro atoms. The summed E-state index contributed by atoms with van der Waals surface area (Å²) in [5.74, 6) is 1.82. The van der Waals surface area contributed by atoms with Crippen LogP contribution >= 0.6 is 0 Å². The van der Waals surface area contributed by atoms with Crippen molar-refractivity contribution in [3.05, 3.63) is 11.8 Å². The van der Waals surface area contributed by atoms with Gasteiger partial charge in [0.1, 0.15) is 5.82 Å². The number of nitrogens with one attached hydrogen (secondary N) is 1. The minimum absolute atomic E-state index is 0.617. The summed E-state index contributed by atoms with van der Waals surface area (Å²) in [5.41, 5.74) is 1.03. The van der Waals surface area contributed by atoms with Crippen molar-refractivity contribution in [3.8, 4) is 0 Å². The summed E-state index contributed by atoms with van der Waals surface area (Å²) in [6.45, 7) is 10.5. The van der Waals surface area contributed by atoms with Gasteiger partial charge in [0, 0.05) is 44.0 Å². The number of rotatable bonds is 5. The number of likely N-dealkylation sites (N-methyl/N-ethyl adjacent to an activating group) is 1. The normalized spacial score (nSPS) is 20.2. The van der Waals surface area contributed by atoms with Gasteiger partial charge in [-0.1, -0.05) is 13.8 Å². The molecule has 0 aromatic carbocycles. The van der Waals surface area contributed by atoms with Crippen molar-refractivity contribution in [2.45, 2.75) is 39.7 Å². The van der Waals surface area contributed by atoms with Gasteiger partial charge in [-0.25, -0.2) is 4.98 Å². The van der Waals surface area contributed by atoms with Crippen LogP contribution in [0.4, 0.5) is 11.8 Å². The molecule has 0 radical (unpaired) electrons. The van der Waals surface area contributed by atoms with Crippen molar-refractivity contribution >= 4 is 11.8 Å². The molecule has 1 aromatic rings. The van der Waals surface area contributed by atoms with Crippen LogP contribution in [-0.2, 0) is 0 Å². The molecule has 2 heterocycles. The van der Waals surface area contributed by atoms with E-state index in [1.807, 2.05) is 6.92 Å². The third-order valence-corrected chi connectivity index (χ3v) is 3.95. The number of piperazine rings is 1. The van der Waals surface area contributed by atoms with E-state index in [0.717, 1.165) is 50.1 Å². The molecule has 5 nitrogen and oxygen atoms in total. The van der Waals surface area contributed by atoms with E-state index in [1.54, 1.807) is 0 Å². The zero-order valence-corrected chi connectivity index (χ0v) is 13.2. The molecule has 1 aromatic heterocycles. The van der Waals surface area contributed by atoms with Gasteiger partial charge in [-0.2, -0.15) is 4.98 Å². The van der Waals surface area contributed by atoms with E-state index in [1.165, 1.54) is 6.42 Å². The van der Waals surface area contributed by atoms with Crippen molar-refractivity contribution in [2.24, 2.45) is 0 Å². The molecule has 0 aliphatic carbocycles. The number of anilines is 2. The lowest BCUT2D eigenvalue weighted by Gasteiger charge is -2.39. The number of aromatic nitrogens is 2. The minimum Gasteiger partial charge on any atom is -0.354 e. The van der Waals surface area contributed by atoms with Gasteiger partial charge in [0.15, 0.2) is 0 Å². The Hall–Kier alpha value is -1.36. The maximum Gasteiger partial charge on any atom is 0.224 e.